The van der Waals surface area contributed by atoms with Gasteiger partial charge in [-0.3, -0.25) is 0 Å². The van der Waals surface area contributed by atoms with Crippen LogP contribution in [0.15, 0.2) is 24.3 Å². The summed E-state index contributed by atoms with van der Waals surface area (Å²) >= 11 is 2.34. The molecule has 1 unspecified atom stereocenters. The third-order valence-corrected chi connectivity index (χ3v) is 4.05. The normalized spacial score (nSPS) is 20.5. The first-order valence-corrected chi connectivity index (χ1v) is 6.20. The van der Waals surface area contributed by atoms with Crippen molar-refractivity contribution in [3.05, 3.63) is 33.4 Å². The number of rotatable bonds is 3. The van der Waals surface area contributed by atoms with Crippen LogP contribution < -0.4 is 5.73 Å². The van der Waals surface area contributed by atoms with E-state index < -0.39 is 0 Å². The molecule has 1 atom stereocenters. The Bertz CT molecular complexity index is 312. The second-order valence-electron chi connectivity index (χ2n) is 4.45. The lowest BCUT2D eigenvalue weighted by Crippen LogP contribution is -2.29. The molecule has 2 heteroatoms. The molecule has 0 spiro atoms. The zero-order chi connectivity index (χ0) is 10.2. The van der Waals surface area contributed by atoms with Gasteiger partial charge in [0.05, 0.1) is 0 Å². The van der Waals surface area contributed by atoms with Crippen LogP contribution in [0.2, 0.25) is 0 Å². The molecule has 0 bridgehead atoms. The number of hydrogen-bond acceptors (Lipinski definition) is 1. The van der Waals surface area contributed by atoms with Crippen molar-refractivity contribution in [1.82, 2.24) is 0 Å². The number of hydrogen-bond donors (Lipinski definition) is 1. The Morgan fingerprint density at radius 2 is 1.93 bits per heavy atom. The molecule has 1 aromatic rings. The Morgan fingerprint density at radius 3 is 2.36 bits per heavy atom. The van der Waals surface area contributed by atoms with E-state index >= 15 is 0 Å². The maximum absolute atomic E-state index is 6.01. The van der Waals surface area contributed by atoms with E-state index in [2.05, 4.69) is 53.8 Å². The predicted molar refractivity (Wildman–Crippen MR) is 68.2 cm³/mol. The smallest absolute Gasteiger partial charge is 0.0130 e. The fourth-order valence-electron chi connectivity index (χ4n) is 1.96. The summed E-state index contributed by atoms with van der Waals surface area (Å²) in [7, 11) is 0. The molecule has 14 heavy (non-hydrogen) atoms. The highest BCUT2D eigenvalue weighted by Crippen LogP contribution is 2.50. The van der Waals surface area contributed by atoms with Crippen molar-refractivity contribution in [2.24, 2.45) is 11.1 Å². The van der Waals surface area contributed by atoms with E-state index in [1.54, 1.807) is 0 Å². The van der Waals surface area contributed by atoms with Crippen molar-refractivity contribution in [3.8, 4) is 0 Å². The van der Waals surface area contributed by atoms with Crippen LogP contribution in [-0.2, 0) is 6.42 Å². The molecule has 0 amide bonds. The Morgan fingerprint density at radius 1 is 1.36 bits per heavy atom. The second-order valence-corrected chi connectivity index (χ2v) is 5.70. The fraction of sp³-hybridized carbons (Fsp3) is 0.500. The lowest BCUT2D eigenvalue weighted by Gasteiger charge is -2.19. The largest absolute Gasteiger partial charge is 0.327 e. The van der Waals surface area contributed by atoms with Crippen molar-refractivity contribution >= 4 is 22.6 Å². The average Bonchev–Trinajstić information content (AvgIpc) is 2.90. The zero-order valence-corrected chi connectivity index (χ0v) is 10.6. The zero-order valence-electron chi connectivity index (χ0n) is 8.46. The molecule has 2 rings (SSSR count). The van der Waals surface area contributed by atoms with Gasteiger partial charge >= 0.3 is 0 Å². The van der Waals surface area contributed by atoms with E-state index in [0.29, 0.717) is 11.5 Å². The Kier molecular flexibility index (Phi) is 2.84. The summed E-state index contributed by atoms with van der Waals surface area (Å²) in [5, 5.41) is 0. The molecule has 1 saturated carbocycles. The first-order valence-electron chi connectivity index (χ1n) is 5.12. The van der Waals surface area contributed by atoms with Gasteiger partial charge in [-0.1, -0.05) is 12.1 Å². The van der Waals surface area contributed by atoms with E-state index in [1.807, 2.05) is 0 Å². The van der Waals surface area contributed by atoms with Gasteiger partial charge in [-0.15, -0.1) is 0 Å². The molecule has 1 aliphatic rings. The molecule has 0 heterocycles. The van der Waals surface area contributed by atoms with Gasteiger partial charge < -0.3 is 5.73 Å². The van der Waals surface area contributed by atoms with Crippen LogP contribution in [-0.4, -0.2) is 6.04 Å². The molecule has 0 aromatic heterocycles. The van der Waals surface area contributed by atoms with Crippen molar-refractivity contribution < 1.29 is 0 Å². The Balaban J connectivity index is 2.08. The van der Waals surface area contributed by atoms with E-state index in [-0.39, 0.29) is 0 Å². The Labute approximate surface area is 99.2 Å². The molecule has 1 aromatic carbocycles. The summed E-state index contributed by atoms with van der Waals surface area (Å²) < 4.78 is 1.30. The standard InChI is InChI=1S/C12H16IN/c1-9(14)12(6-7-12)8-10-2-4-11(13)5-3-10/h2-5,9H,6-8,14H2,1H3. The van der Waals surface area contributed by atoms with E-state index in [4.69, 9.17) is 5.73 Å². The lowest BCUT2D eigenvalue weighted by molar-refractivity contribution is 0.418. The van der Waals surface area contributed by atoms with Gasteiger partial charge in [0.2, 0.25) is 0 Å². The van der Waals surface area contributed by atoms with Gasteiger partial charge in [0, 0.05) is 9.61 Å². The third kappa shape index (κ3) is 2.11. The van der Waals surface area contributed by atoms with Crippen molar-refractivity contribution in [3.63, 3.8) is 0 Å². The van der Waals surface area contributed by atoms with Gasteiger partial charge in [-0.25, -0.2) is 0 Å². The maximum Gasteiger partial charge on any atom is 0.0130 e. The minimum absolute atomic E-state index is 0.335. The predicted octanol–water partition coefficient (Wildman–Crippen LogP) is 2.96. The minimum Gasteiger partial charge on any atom is -0.327 e. The molecule has 0 aliphatic heterocycles. The molecule has 2 N–H and O–H groups in total. The molecular formula is C12H16IN. The van der Waals surface area contributed by atoms with Crippen LogP contribution in [0.4, 0.5) is 0 Å². The SMILES string of the molecule is CC(N)C1(Cc2ccc(I)cc2)CC1. The molecule has 1 nitrogen and oxygen atoms in total. The highest BCUT2D eigenvalue weighted by atomic mass is 127. The number of halogens is 1. The first-order chi connectivity index (χ1) is 6.62. The van der Waals surface area contributed by atoms with E-state index in [1.165, 1.54) is 22.0 Å². The van der Waals surface area contributed by atoms with Gasteiger partial charge in [0.15, 0.2) is 0 Å². The van der Waals surface area contributed by atoms with Crippen LogP contribution in [0.1, 0.15) is 25.3 Å². The Hall–Kier alpha value is -0.0900. The summed E-state index contributed by atoms with van der Waals surface area (Å²) in [6.45, 7) is 2.14. The van der Waals surface area contributed by atoms with E-state index in [9.17, 15) is 0 Å². The quantitative estimate of drug-likeness (QED) is 0.854. The van der Waals surface area contributed by atoms with E-state index in [0.717, 1.165) is 6.42 Å². The fourth-order valence-corrected chi connectivity index (χ4v) is 2.32. The molecule has 0 radical (unpaired) electrons. The second kappa shape index (κ2) is 3.81. The van der Waals surface area contributed by atoms with Crippen LogP contribution in [0.25, 0.3) is 0 Å². The molecule has 1 fully saturated rings. The van der Waals surface area contributed by atoms with Crippen molar-refractivity contribution in [1.29, 1.82) is 0 Å². The van der Waals surface area contributed by atoms with Crippen LogP contribution >= 0.6 is 22.6 Å². The minimum atomic E-state index is 0.335. The van der Waals surface area contributed by atoms with Crippen LogP contribution in [0.3, 0.4) is 0 Å². The lowest BCUT2D eigenvalue weighted by atomic mass is 9.90. The van der Waals surface area contributed by atoms with Crippen molar-refractivity contribution in [2.45, 2.75) is 32.2 Å². The van der Waals surface area contributed by atoms with Gasteiger partial charge in [-0.2, -0.15) is 0 Å². The van der Waals surface area contributed by atoms with Gasteiger partial charge in [0.1, 0.15) is 0 Å². The van der Waals surface area contributed by atoms with Gasteiger partial charge in [-0.05, 0) is 71.9 Å². The van der Waals surface area contributed by atoms with Crippen molar-refractivity contribution in [2.75, 3.05) is 0 Å². The summed E-state index contributed by atoms with van der Waals surface area (Å²) in [6.07, 6.45) is 3.76. The summed E-state index contributed by atoms with van der Waals surface area (Å²) in [5.74, 6) is 0. The molecule has 0 saturated heterocycles. The number of nitrogens with two attached hydrogens (primary N) is 1. The highest BCUT2D eigenvalue weighted by molar-refractivity contribution is 14.1. The van der Waals surface area contributed by atoms with Crippen LogP contribution in [0.5, 0.6) is 0 Å². The maximum atomic E-state index is 6.01. The monoisotopic (exact) mass is 301 g/mol. The average molecular weight is 301 g/mol. The van der Waals surface area contributed by atoms with Crippen LogP contribution in [0, 0.1) is 8.99 Å². The number of benzene rings is 1. The topological polar surface area (TPSA) is 26.0 Å². The molecule has 1 aliphatic carbocycles. The summed E-state index contributed by atoms with van der Waals surface area (Å²) in [4.78, 5) is 0. The highest BCUT2D eigenvalue weighted by Gasteiger charge is 2.45. The third-order valence-electron chi connectivity index (χ3n) is 3.33. The molecular weight excluding hydrogens is 285 g/mol. The van der Waals surface area contributed by atoms with Gasteiger partial charge in [0.25, 0.3) is 0 Å². The first kappa shape index (κ1) is 10.4. The summed E-state index contributed by atoms with van der Waals surface area (Å²) in [6, 6.07) is 9.14. The molecule has 76 valence electrons. The summed E-state index contributed by atoms with van der Waals surface area (Å²) in [5.41, 5.74) is 7.86.